The number of nitrogens with zero attached hydrogens (tertiary/aromatic N) is 4. The lowest BCUT2D eigenvalue weighted by molar-refractivity contribution is 0.820. The molecule has 0 atom stereocenters. The first-order valence-electron chi connectivity index (χ1n) is 6.00. The molecule has 96 valence electrons. The van der Waals surface area contributed by atoms with Crippen LogP contribution in [0.5, 0.6) is 0 Å². The summed E-state index contributed by atoms with van der Waals surface area (Å²) in [6, 6.07) is 0. The molecule has 18 heavy (non-hydrogen) atoms. The fourth-order valence-electron chi connectivity index (χ4n) is 1.64. The van der Waals surface area contributed by atoms with E-state index in [0.717, 1.165) is 24.4 Å². The Bertz CT molecular complexity index is 647. The van der Waals surface area contributed by atoms with Crippen LogP contribution in [0.15, 0.2) is 4.79 Å². The van der Waals surface area contributed by atoms with E-state index in [0.29, 0.717) is 17.1 Å². The number of fused-ring (bicyclic) bond motifs is 1. The largest absolute Gasteiger partial charge is 0.356 e. The van der Waals surface area contributed by atoms with E-state index in [1.54, 1.807) is 7.05 Å². The van der Waals surface area contributed by atoms with Crippen molar-refractivity contribution in [2.75, 3.05) is 11.9 Å². The van der Waals surface area contributed by atoms with Gasteiger partial charge < -0.3 is 5.32 Å². The van der Waals surface area contributed by atoms with Gasteiger partial charge in [-0.25, -0.2) is 9.97 Å². The van der Waals surface area contributed by atoms with Crippen molar-refractivity contribution in [1.82, 2.24) is 19.5 Å². The van der Waals surface area contributed by atoms with Crippen molar-refractivity contribution >= 4 is 17.1 Å². The second-order valence-electron chi connectivity index (χ2n) is 4.29. The smallest absolute Gasteiger partial charge is 0.282 e. The van der Waals surface area contributed by atoms with Crippen molar-refractivity contribution in [2.45, 2.75) is 27.2 Å². The van der Waals surface area contributed by atoms with Gasteiger partial charge in [-0.3, -0.25) is 9.36 Å². The molecule has 0 aliphatic rings. The van der Waals surface area contributed by atoms with E-state index >= 15 is 0 Å². The van der Waals surface area contributed by atoms with Crippen molar-refractivity contribution in [3.8, 4) is 0 Å². The highest BCUT2D eigenvalue weighted by Crippen LogP contribution is 2.09. The normalized spacial score (nSPS) is 10.9. The van der Waals surface area contributed by atoms with Crippen molar-refractivity contribution in [1.29, 1.82) is 0 Å². The number of hydrogen-bond donors (Lipinski definition) is 1. The average molecular weight is 247 g/mol. The quantitative estimate of drug-likeness (QED) is 0.881. The van der Waals surface area contributed by atoms with Gasteiger partial charge in [-0.1, -0.05) is 6.92 Å². The van der Waals surface area contributed by atoms with Gasteiger partial charge in [0.15, 0.2) is 11.2 Å². The number of anilines is 1. The van der Waals surface area contributed by atoms with Crippen LogP contribution in [0, 0.1) is 13.8 Å². The molecule has 0 bridgehead atoms. The van der Waals surface area contributed by atoms with Crippen molar-refractivity contribution < 1.29 is 0 Å². The lowest BCUT2D eigenvalue weighted by Crippen LogP contribution is -2.24. The van der Waals surface area contributed by atoms with Crippen LogP contribution in [0.25, 0.3) is 11.2 Å². The van der Waals surface area contributed by atoms with E-state index in [9.17, 15) is 4.79 Å². The van der Waals surface area contributed by atoms with Gasteiger partial charge in [-0.2, -0.15) is 4.98 Å². The Hall–Kier alpha value is -1.98. The zero-order valence-corrected chi connectivity index (χ0v) is 11.1. The highest BCUT2D eigenvalue weighted by Gasteiger charge is 2.11. The molecule has 2 aromatic heterocycles. The van der Waals surface area contributed by atoms with Crippen molar-refractivity contribution in [2.24, 2.45) is 7.05 Å². The summed E-state index contributed by atoms with van der Waals surface area (Å²) in [6.07, 6.45) is 0.965. The Balaban J connectivity index is 2.67. The van der Waals surface area contributed by atoms with Crippen LogP contribution >= 0.6 is 0 Å². The van der Waals surface area contributed by atoms with Gasteiger partial charge >= 0.3 is 0 Å². The predicted molar refractivity (Wildman–Crippen MR) is 70.8 cm³/mol. The summed E-state index contributed by atoms with van der Waals surface area (Å²) in [5, 5.41) is 3.11. The molecule has 6 heteroatoms. The van der Waals surface area contributed by atoms with Crippen LogP contribution < -0.4 is 10.9 Å². The van der Waals surface area contributed by atoms with E-state index < -0.39 is 0 Å². The fourth-order valence-corrected chi connectivity index (χ4v) is 1.64. The maximum atomic E-state index is 12.2. The van der Waals surface area contributed by atoms with Gasteiger partial charge in [0.05, 0.1) is 11.4 Å². The van der Waals surface area contributed by atoms with Crippen molar-refractivity contribution in [3.05, 3.63) is 21.7 Å². The Morgan fingerprint density at radius 1 is 1.17 bits per heavy atom. The molecule has 2 aromatic rings. The molecule has 0 amide bonds. The van der Waals surface area contributed by atoms with Crippen LogP contribution in [-0.2, 0) is 7.05 Å². The van der Waals surface area contributed by atoms with Crippen LogP contribution in [0.4, 0.5) is 5.95 Å². The second-order valence-corrected chi connectivity index (χ2v) is 4.29. The van der Waals surface area contributed by atoms with Crippen molar-refractivity contribution in [3.63, 3.8) is 0 Å². The molecule has 0 saturated heterocycles. The lowest BCUT2D eigenvalue weighted by Gasteiger charge is -2.10. The minimum atomic E-state index is -0.172. The molecule has 0 radical (unpaired) electrons. The zero-order valence-electron chi connectivity index (χ0n) is 11.1. The molecule has 6 nitrogen and oxygen atoms in total. The fraction of sp³-hybridized carbons (Fsp3) is 0.500. The summed E-state index contributed by atoms with van der Waals surface area (Å²) in [6.45, 7) is 6.52. The highest BCUT2D eigenvalue weighted by atomic mass is 16.1. The first kappa shape index (κ1) is 12.5. The molecule has 2 rings (SSSR count). The van der Waals surface area contributed by atoms with E-state index in [1.165, 1.54) is 4.57 Å². The number of aryl methyl sites for hydroxylation is 2. The molecule has 1 N–H and O–H groups in total. The third-order valence-electron chi connectivity index (χ3n) is 2.86. The number of hydrogen-bond acceptors (Lipinski definition) is 5. The third-order valence-corrected chi connectivity index (χ3v) is 2.86. The predicted octanol–water partition coefficient (Wildman–Crippen LogP) is 1.16. The van der Waals surface area contributed by atoms with E-state index in [-0.39, 0.29) is 5.56 Å². The zero-order chi connectivity index (χ0) is 13.3. The Morgan fingerprint density at radius 2 is 1.83 bits per heavy atom. The van der Waals surface area contributed by atoms with Gasteiger partial charge in [0.25, 0.3) is 5.56 Å². The second kappa shape index (κ2) is 4.72. The summed E-state index contributed by atoms with van der Waals surface area (Å²) < 4.78 is 1.47. The van der Waals surface area contributed by atoms with Gasteiger partial charge in [-0.15, -0.1) is 0 Å². The summed E-state index contributed by atoms with van der Waals surface area (Å²) in [7, 11) is 1.68. The molecular formula is C12H17N5O. The Labute approximate surface area is 105 Å². The molecule has 0 aromatic carbocycles. The molecule has 0 fully saturated rings. The summed E-state index contributed by atoms with van der Waals surface area (Å²) >= 11 is 0. The number of nitrogens with one attached hydrogen (secondary N) is 1. The van der Waals surface area contributed by atoms with E-state index in [2.05, 4.69) is 27.2 Å². The molecule has 0 unspecified atom stereocenters. The SMILES string of the molecule is CCCNc1nc2nc(C)c(C)nc2c(=O)n1C. The topological polar surface area (TPSA) is 72.7 Å². The van der Waals surface area contributed by atoms with Crippen LogP contribution in [-0.4, -0.2) is 26.1 Å². The van der Waals surface area contributed by atoms with Gasteiger partial charge in [-0.05, 0) is 20.3 Å². The lowest BCUT2D eigenvalue weighted by atomic mass is 10.3. The van der Waals surface area contributed by atoms with Gasteiger partial charge in [0.1, 0.15) is 0 Å². The van der Waals surface area contributed by atoms with Crippen LogP contribution in [0.2, 0.25) is 0 Å². The third kappa shape index (κ3) is 2.05. The summed E-state index contributed by atoms with van der Waals surface area (Å²) in [5.41, 5.74) is 2.11. The summed E-state index contributed by atoms with van der Waals surface area (Å²) in [4.78, 5) is 25.1. The standard InChI is InChI=1S/C12H17N5O/c1-5-6-13-12-16-10-9(11(18)17(12)4)14-7(2)8(3)15-10/h5-6H2,1-4H3,(H,13,15,16). The molecular weight excluding hydrogens is 230 g/mol. The molecule has 0 aliphatic carbocycles. The monoisotopic (exact) mass is 247 g/mol. The Morgan fingerprint density at radius 3 is 2.50 bits per heavy atom. The first-order valence-corrected chi connectivity index (χ1v) is 6.00. The maximum Gasteiger partial charge on any atom is 0.282 e. The highest BCUT2D eigenvalue weighted by molar-refractivity contribution is 5.70. The Kier molecular flexibility index (Phi) is 3.27. The average Bonchev–Trinajstić information content (AvgIpc) is 2.35. The van der Waals surface area contributed by atoms with Gasteiger partial charge in [0.2, 0.25) is 5.95 Å². The molecule has 0 aliphatic heterocycles. The molecule has 0 saturated carbocycles. The summed E-state index contributed by atoms with van der Waals surface area (Å²) in [5.74, 6) is 0.534. The molecule has 0 spiro atoms. The van der Waals surface area contributed by atoms with Crippen LogP contribution in [0.1, 0.15) is 24.7 Å². The number of rotatable bonds is 3. The van der Waals surface area contributed by atoms with E-state index in [1.807, 2.05) is 13.8 Å². The first-order chi connectivity index (χ1) is 8.54. The maximum absolute atomic E-state index is 12.2. The van der Waals surface area contributed by atoms with Gasteiger partial charge in [0, 0.05) is 13.6 Å². The minimum Gasteiger partial charge on any atom is -0.356 e. The number of aromatic nitrogens is 4. The van der Waals surface area contributed by atoms with E-state index in [4.69, 9.17) is 0 Å². The minimum absolute atomic E-state index is 0.172. The van der Waals surface area contributed by atoms with Crippen LogP contribution in [0.3, 0.4) is 0 Å². The molecule has 2 heterocycles.